The molecule has 3 rings (SSSR count). The predicted molar refractivity (Wildman–Crippen MR) is 118 cm³/mol. The molecule has 28 heavy (non-hydrogen) atoms. The fourth-order valence-electron chi connectivity index (χ4n) is 2.71. The Morgan fingerprint density at radius 2 is 1.96 bits per heavy atom. The molecule has 0 aliphatic heterocycles. The van der Waals surface area contributed by atoms with Gasteiger partial charge in [0, 0.05) is 16.6 Å². The van der Waals surface area contributed by atoms with E-state index in [1.54, 1.807) is 29.5 Å². The first kappa shape index (κ1) is 20.3. The first-order chi connectivity index (χ1) is 13.5. The number of carbonyl (C=O) groups is 1. The smallest absolute Gasteiger partial charge is 0.255 e. The van der Waals surface area contributed by atoms with Crippen LogP contribution in [0, 0.1) is 0 Å². The lowest BCUT2D eigenvalue weighted by Gasteiger charge is -2.13. The Bertz CT molecular complexity index is 972. The third-order valence-corrected chi connectivity index (χ3v) is 6.46. The van der Waals surface area contributed by atoms with E-state index in [-0.39, 0.29) is 12.0 Å². The molecule has 1 amide bonds. The Morgan fingerprint density at radius 1 is 1.21 bits per heavy atom. The highest BCUT2D eigenvalue weighted by atomic mass is 32.1. The summed E-state index contributed by atoms with van der Waals surface area (Å²) < 4.78 is 17.1. The zero-order valence-corrected chi connectivity index (χ0v) is 17.6. The number of amides is 1. The topological polar surface area (TPSA) is 81.4 Å². The summed E-state index contributed by atoms with van der Waals surface area (Å²) in [5, 5.41) is 4.89. The second-order valence-corrected chi connectivity index (χ2v) is 8.98. The van der Waals surface area contributed by atoms with Gasteiger partial charge in [0.05, 0.1) is 17.5 Å². The van der Waals surface area contributed by atoms with Gasteiger partial charge >= 0.3 is 0 Å². The molecule has 7 heteroatoms. The molecular formula is C21H23N2O3PS. The quantitative estimate of drug-likeness (QED) is 0.377. The lowest BCUT2D eigenvalue weighted by Crippen LogP contribution is -2.13. The minimum Gasteiger partial charge on any atom is -0.397 e. The summed E-state index contributed by atoms with van der Waals surface area (Å²) in [6.45, 7) is 3.69. The molecule has 0 bridgehead atoms. The number of nitrogen functional groups attached to an aromatic ring is 1. The lowest BCUT2D eigenvalue weighted by atomic mass is 10.1. The highest BCUT2D eigenvalue weighted by Crippen LogP contribution is 2.32. The maximum atomic E-state index is 12.6. The zero-order valence-electron chi connectivity index (χ0n) is 15.8. The van der Waals surface area contributed by atoms with Crippen LogP contribution in [0.1, 0.15) is 35.9 Å². The Labute approximate surface area is 169 Å². The summed E-state index contributed by atoms with van der Waals surface area (Å²) >= 11 is 1.63. The molecule has 2 atom stereocenters. The molecule has 1 heterocycles. The summed E-state index contributed by atoms with van der Waals surface area (Å²) in [7, 11) is -2.01. The van der Waals surface area contributed by atoms with Gasteiger partial charge in [-0.25, -0.2) is 0 Å². The molecule has 146 valence electrons. The van der Waals surface area contributed by atoms with Crippen LogP contribution in [-0.4, -0.2) is 12.1 Å². The molecule has 3 N–H and O–H groups in total. The molecule has 1 aromatic heterocycles. The molecule has 5 nitrogen and oxygen atoms in total. The second-order valence-electron chi connectivity index (χ2n) is 6.34. The number of hydrogen-bond acceptors (Lipinski definition) is 5. The largest absolute Gasteiger partial charge is 0.397 e. The second kappa shape index (κ2) is 9.20. The minimum atomic E-state index is -2.01. The molecule has 0 aliphatic carbocycles. The van der Waals surface area contributed by atoms with E-state index in [2.05, 4.69) is 5.32 Å². The van der Waals surface area contributed by atoms with E-state index < -0.39 is 8.03 Å². The van der Waals surface area contributed by atoms with Crippen LogP contribution in [-0.2, 0) is 9.09 Å². The van der Waals surface area contributed by atoms with Gasteiger partial charge < -0.3 is 15.6 Å². The van der Waals surface area contributed by atoms with Gasteiger partial charge in [0.25, 0.3) is 5.91 Å². The van der Waals surface area contributed by atoms with Crippen molar-refractivity contribution in [2.24, 2.45) is 0 Å². The van der Waals surface area contributed by atoms with E-state index in [0.717, 1.165) is 16.0 Å². The van der Waals surface area contributed by atoms with Gasteiger partial charge in [-0.05, 0) is 53.8 Å². The van der Waals surface area contributed by atoms with Gasteiger partial charge in [-0.2, -0.15) is 0 Å². The van der Waals surface area contributed by atoms with Crippen molar-refractivity contribution in [3.05, 3.63) is 71.1 Å². The van der Waals surface area contributed by atoms with Crippen LogP contribution in [0.2, 0.25) is 0 Å². The highest BCUT2D eigenvalue weighted by Gasteiger charge is 2.13. The van der Waals surface area contributed by atoms with Crippen LogP contribution in [0.5, 0.6) is 0 Å². The standard InChI is InChI=1S/C21H23N2O3PS/c1-3-27(25)26-14(2)15-6-8-16(9-7-15)21(24)23-19-13-17(10-11-18(19)22)20-5-4-12-28-20/h4-14,27H,3,22H2,1-2H3,(H,23,24). The van der Waals surface area contributed by atoms with Crippen molar-refractivity contribution in [3.63, 3.8) is 0 Å². The number of rotatable bonds is 7. The average Bonchev–Trinajstić information content (AvgIpc) is 3.24. The van der Waals surface area contributed by atoms with Crippen LogP contribution in [0.25, 0.3) is 10.4 Å². The van der Waals surface area contributed by atoms with Gasteiger partial charge in [0.2, 0.25) is 0 Å². The van der Waals surface area contributed by atoms with Gasteiger partial charge in [-0.15, -0.1) is 11.3 Å². The molecule has 0 radical (unpaired) electrons. The molecule has 2 aromatic carbocycles. The maximum absolute atomic E-state index is 12.6. The Balaban J connectivity index is 1.73. The summed E-state index contributed by atoms with van der Waals surface area (Å²) in [5.41, 5.74) is 9.53. The molecule has 0 saturated heterocycles. The predicted octanol–water partition coefficient (Wildman–Crippen LogP) is 5.82. The number of anilines is 2. The summed E-state index contributed by atoms with van der Waals surface area (Å²) in [6, 6.07) is 16.7. The fourth-order valence-corrected chi connectivity index (χ4v) is 4.13. The number of nitrogens with two attached hydrogens (primary N) is 1. The fraction of sp³-hybridized carbons (Fsp3) is 0.190. The van der Waals surface area contributed by atoms with Gasteiger partial charge in [-0.3, -0.25) is 9.36 Å². The van der Waals surface area contributed by atoms with E-state index in [1.807, 2.05) is 55.6 Å². The normalized spacial score (nSPS) is 13.1. The molecule has 0 fully saturated rings. The van der Waals surface area contributed by atoms with Crippen molar-refractivity contribution in [2.45, 2.75) is 20.0 Å². The van der Waals surface area contributed by atoms with E-state index >= 15 is 0 Å². The van der Waals surface area contributed by atoms with Crippen molar-refractivity contribution in [2.75, 3.05) is 17.2 Å². The summed E-state index contributed by atoms with van der Waals surface area (Å²) in [6.07, 6.45) is 0.239. The first-order valence-corrected chi connectivity index (χ1v) is 11.4. The third-order valence-electron chi connectivity index (χ3n) is 4.35. The van der Waals surface area contributed by atoms with Crippen molar-refractivity contribution in [1.82, 2.24) is 0 Å². The van der Waals surface area contributed by atoms with Crippen molar-refractivity contribution in [3.8, 4) is 10.4 Å². The molecule has 0 spiro atoms. The monoisotopic (exact) mass is 414 g/mol. The number of thiophene rings is 1. The maximum Gasteiger partial charge on any atom is 0.255 e. The number of nitrogens with one attached hydrogen (secondary N) is 1. The molecule has 3 aromatic rings. The number of hydrogen-bond donors (Lipinski definition) is 2. The number of benzene rings is 2. The molecule has 0 saturated carbocycles. The zero-order chi connectivity index (χ0) is 20.1. The van der Waals surface area contributed by atoms with E-state index in [9.17, 15) is 9.36 Å². The Hall–Kier alpha value is -2.40. The average molecular weight is 414 g/mol. The van der Waals surface area contributed by atoms with E-state index in [1.165, 1.54) is 0 Å². The highest BCUT2D eigenvalue weighted by molar-refractivity contribution is 7.39. The molecule has 2 unspecified atom stereocenters. The third kappa shape index (κ3) is 4.90. The summed E-state index contributed by atoms with van der Waals surface area (Å²) in [4.78, 5) is 13.7. The van der Waals surface area contributed by atoms with Crippen LogP contribution in [0.15, 0.2) is 60.0 Å². The Morgan fingerprint density at radius 3 is 2.61 bits per heavy atom. The van der Waals surface area contributed by atoms with Crippen molar-refractivity contribution in [1.29, 1.82) is 0 Å². The van der Waals surface area contributed by atoms with Gasteiger partial charge in [-0.1, -0.05) is 31.2 Å². The van der Waals surface area contributed by atoms with Crippen LogP contribution >= 0.6 is 19.4 Å². The summed E-state index contributed by atoms with van der Waals surface area (Å²) in [5.74, 6) is -0.239. The lowest BCUT2D eigenvalue weighted by molar-refractivity contribution is 0.102. The van der Waals surface area contributed by atoms with E-state index in [4.69, 9.17) is 10.3 Å². The Kier molecular flexibility index (Phi) is 6.68. The van der Waals surface area contributed by atoms with Gasteiger partial charge in [0.1, 0.15) is 0 Å². The van der Waals surface area contributed by atoms with Gasteiger partial charge in [0.15, 0.2) is 8.03 Å². The minimum absolute atomic E-state index is 0.239. The van der Waals surface area contributed by atoms with Crippen LogP contribution in [0.3, 0.4) is 0 Å². The SMILES string of the molecule is CC[PH](=O)OC(C)c1ccc(C(=O)Nc2cc(-c3cccs3)ccc2N)cc1. The van der Waals surface area contributed by atoms with E-state index in [0.29, 0.717) is 23.1 Å². The van der Waals surface area contributed by atoms with Crippen LogP contribution < -0.4 is 11.1 Å². The first-order valence-electron chi connectivity index (χ1n) is 9.02. The molecule has 0 aliphatic rings. The molecular weight excluding hydrogens is 391 g/mol. The van der Waals surface area contributed by atoms with Crippen molar-refractivity contribution >= 4 is 36.6 Å². The number of carbonyl (C=O) groups excluding carboxylic acids is 1. The van der Waals surface area contributed by atoms with Crippen molar-refractivity contribution < 1.29 is 13.9 Å². The van der Waals surface area contributed by atoms with Crippen LogP contribution in [0.4, 0.5) is 11.4 Å².